The monoisotopic (exact) mass is 364 g/mol. The van der Waals surface area contributed by atoms with E-state index in [0.717, 1.165) is 18.6 Å². The zero-order valence-electron chi connectivity index (χ0n) is 17.0. The number of fused-ring (bicyclic) bond motifs is 1. The van der Waals surface area contributed by atoms with Crippen molar-refractivity contribution in [3.63, 3.8) is 0 Å². The summed E-state index contributed by atoms with van der Waals surface area (Å²) >= 11 is 0. The smallest absolute Gasteiger partial charge is 0.462 e. The highest BCUT2D eigenvalue weighted by Gasteiger charge is 2.55. The number of aryl methyl sites for hydroxylation is 1. The molecule has 1 fully saturated rings. The Morgan fingerprint density at radius 1 is 0.963 bits per heavy atom. The van der Waals surface area contributed by atoms with E-state index in [-0.39, 0.29) is 30.1 Å². The van der Waals surface area contributed by atoms with Gasteiger partial charge in [0.25, 0.3) is 0 Å². The Morgan fingerprint density at radius 3 is 2.26 bits per heavy atom. The van der Waals surface area contributed by atoms with Crippen LogP contribution in [0.2, 0.25) is 5.82 Å². The van der Waals surface area contributed by atoms with Crippen LogP contribution in [0.25, 0.3) is 0 Å². The fourth-order valence-electron chi connectivity index (χ4n) is 4.39. The molecule has 1 aliphatic heterocycles. The van der Waals surface area contributed by atoms with Gasteiger partial charge in [-0.25, -0.2) is 0 Å². The lowest BCUT2D eigenvalue weighted by Crippen LogP contribution is -2.41. The van der Waals surface area contributed by atoms with Gasteiger partial charge in [0.15, 0.2) is 0 Å². The van der Waals surface area contributed by atoms with Crippen molar-refractivity contribution in [1.29, 1.82) is 0 Å². The van der Waals surface area contributed by atoms with Crippen molar-refractivity contribution in [3.8, 4) is 5.75 Å². The van der Waals surface area contributed by atoms with Gasteiger partial charge in [0.05, 0.1) is 18.3 Å². The lowest BCUT2D eigenvalue weighted by atomic mass is 9.56. The Labute approximate surface area is 163 Å². The zero-order valence-corrected chi connectivity index (χ0v) is 17.0. The average Bonchev–Trinajstić information content (AvgIpc) is 2.88. The molecule has 0 saturated carbocycles. The average molecular weight is 364 g/mol. The second-order valence-corrected chi connectivity index (χ2v) is 8.78. The molecule has 2 aliphatic rings. The minimum Gasteiger partial charge on any atom is -0.497 e. The van der Waals surface area contributed by atoms with E-state index in [4.69, 9.17) is 14.0 Å². The fraction of sp³-hybridized carbons (Fsp3) is 0.478. The van der Waals surface area contributed by atoms with Crippen molar-refractivity contribution in [2.24, 2.45) is 0 Å². The van der Waals surface area contributed by atoms with Crippen molar-refractivity contribution in [3.05, 3.63) is 65.2 Å². The van der Waals surface area contributed by atoms with E-state index in [1.165, 1.54) is 16.7 Å². The van der Waals surface area contributed by atoms with Crippen molar-refractivity contribution in [2.45, 2.75) is 63.5 Å². The summed E-state index contributed by atoms with van der Waals surface area (Å²) in [5.41, 5.74) is 3.45. The molecule has 1 saturated heterocycles. The first kappa shape index (κ1) is 18.6. The summed E-state index contributed by atoms with van der Waals surface area (Å²) in [7, 11) is 1.53. The summed E-state index contributed by atoms with van der Waals surface area (Å²) in [6, 6.07) is 17.2. The first-order valence-electron chi connectivity index (χ1n) is 9.90. The molecule has 0 radical (unpaired) electrons. The number of benzene rings is 2. The molecule has 142 valence electrons. The van der Waals surface area contributed by atoms with Crippen LogP contribution >= 0.6 is 0 Å². The van der Waals surface area contributed by atoms with Gasteiger partial charge in [-0.3, -0.25) is 0 Å². The maximum absolute atomic E-state index is 6.47. The molecule has 0 unspecified atom stereocenters. The van der Waals surface area contributed by atoms with Gasteiger partial charge in [0.2, 0.25) is 0 Å². The molecular formula is C23H29BO3. The molecule has 0 spiro atoms. The Hall–Kier alpha value is -1.78. The van der Waals surface area contributed by atoms with Crippen LogP contribution in [0.5, 0.6) is 5.75 Å². The third kappa shape index (κ3) is 3.19. The molecule has 0 amide bonds. The highest BCUT2D eigenvalue weighted by atomic mass is 16.7. The van der Waals surface area contributed by atoms with Crippen LogP contribution < -0.4 is 4.74 Å². The molecule has 1 aliphatic carbocycles. The van der Waals surface area contributed by atoms with E-state index in [0.29, 0.717) is 0 Å². The molecule has 0 bridgehead atoms. The molecule has 2 atom stereocenters. The number of rotatable bonds is 3. The van der Waals surface area contributed by atoms with Crippen LogP contribution in [-0.4, -0.2) is 25.4 Å². The summed E-state index contributed by atoms with van der Waals surface area (Å²) < 4.78 is 18.4. The van der Waals surface area contributed by atoms with Crippen LogP contribution in [-0.2, 0) is 15.7 Å². The van der Waals surface area contributed by atoms with Gasteiger partial charge in [-0.1, -0.05) is 36.4 Å². The lowest BCUT2D eigenvalue weighted by Gasteiger charge is -2.35. The van der Waals surface area contributed by atoms with Crippen LogP contribution in [0.4, 0.5) is 0 Å². The summed E-state index contributed by atoms with van der Waals surface area (Å²) in [5, 5.41) is 0. The van der Waals surface area contributed by atoms with E-state index in [1.54, 1.807) is 7.11 Å². The molecule has 4 rings (SSSR count). The van der Waals surface area contributed by atoms with E-state index in [2.05, 4.69) is 76.2 Å². The van der Waals surface area contributed by atoms with Gasteiger partial charge in [-0.15, -0.1) is 0 Å². The minimum atomic E-state index is -0.306. The third-order valence-electron chi connectivity index (χ3n) is 6.64. The molecule has 4 heteroatoms. The van der Waals surface area contributed by atoms with Gasteiger partial charge >= 0.3 is 7.12 Å². The van der Waals surface area contributed by atoms with E-state index >= 15 is 0 Å². The molecule has 0 N–H and O–H groups in total. The van der Waals surface area contributed by atoms with Crippen molar-refractivity contribution >= 4 is 7.12 Å². The second kappa shape index (κ2) is 6.68. The minimum absolute atomic E-state index is 0.199. The van der Waals surface area contributed by atoms with Gasteiger partial charge in [-0.05, 0) is 69.4 Å². The van der Waals surface area contributed by atoms with Crippen molar-refractivity contribution < 1.29 is 14.0 Å². The number of hydrogen-bond donors (Lipinski definition) is 0. The molecule has 0 aromatic heterocycles. The fourth-order valence-corrected chi connectivity index (χ4v) is 4.39. The van der Waals surface area contributed by atoms with Crippen LogP contribution in [0.15, 0.2) is 48.5 Å². The molecule has 3 nitrogen and oxygen atoms in total. The van der Waals surface area contributed by atoms with Gasteiger partial charge in [-0.2, -0.15) is 0 Å². The van der Waals surface area contributed by atoms with Gasteiger partial charge in [0, 0.05) is 11.7 Å². The highest BCUT2D eigenvalue weighted by molar-refractivity contribution is 6.48. The number of hydrogen-bond acceptors (Lipinski definition) is 3. The summed E-state index contributed by atoms with van der Waals surface area (Å²) in [6.07, 6.45) is 2.06. The lowest BCUT2D eigenvalue weighted by molar-refractivity contribution is 0.00578. The van der Waals surface area contributed by atoms with Crippen LogP contribution in [0.1, 0.15) is 56.7 Å². The maximum atomic E-state index is 6.47. The van der Waals surface area contributed by atoms with Crippen molar-refractivity contribution in [2.75, 3.05) is 7.11 Å². The molecular weight excluding hydrogens is 335 g/mol. The normalized spacial score (nSPS) is 25.9. The zero-order chi connectivity index (χ0) is 19.2. The summed E-state index contributed by atoms with van der Waals surface area (Å²) in [5.74, 6) is 1.47. The first-order chi connectivity index (χ1) is 12.8. The maximum Gasteiger partial charge on any atom is 0.462 e. The Morgan fingerprint density at radius 2 is 1.63 bits per heavy atom. The number of methoxy groups -OCH3 is 1. The quantitative estimate of drug-likeness (QED) is 0.698. The Kier molecular flexibility index (Phi) is 4.60. The Bertz CT molecular complexity index is 800. The predicted molar refractivity (Wildman–Crippen MR) is 109 cm³/mol. The molecule has 2 aromatic rings. The predicted octanol–water partition coefficient (Wildman–Crippen LogP) is 5.24. The summed E-state index contributed by atoms with van der Waals surface area (Å²) in [4.78, 5) is 0. The third-order valence-corrected chi connectivity index (χ3v) is 6.64. The largest absolute Gasteiger partial charge is 0.497 e. The van der Waals surface area contributed by atoms with Gasteiger partial charge < -0.3 is 14.0 Å². The second-order valence-electron chi connectivity index (χ2n) is 8.78. The molecule has 27 heavy (non-hydrogen) atoms. The van der Waals surface area contributed by atoms with Crippen molar-refractivity contribution in [1.82, 2.24) is 0 Å². The molecule has 2 aromatic carbocycles. The SMILES string of the molecule is COc1ccc2c(c1)CC[C@H](B1OC(C)(C)C(C)(C)O1)[C@H]2c1ccccc1. The van der Waals surface area contributed by atoms with E-state index in [9.17, 15) is 0 Å². The van der Waals surface area contributed by atoms with E-state index < -0.39 is 0 Å². The Balaban J connectivity index is 1.76. The molecule has 1 heterocycles. The number of ether oxygens (including phenoxy) is 1. The highest BCUT2D eigenvalue weighted by Crippen LogP contribution is 2.51. The van der Waals surface area contributed by atoms with Crippen LogP contribution in [0, 0.1) is 0 Å². The standard InChI is InChI=1S/C23H29BO3/c1-22(2)23(3,4)27-24(26-22)20-14-11-17-15-18(25-5)12-13-19(17)21(20)16-9-7-6-8-10-16/h6-10,12-13,15,20-21H,11,14H2,1-5H3/t20-,21-/m0/s1. The van der Waals surface area contributed by atoms with Gasteiger partial charge in [0.1, 0.15) is 5.75 Å². The van der Waals surface area contributed by atoms with E-state index in [1.807, 2.05) is 0 Å². The topological polar surface area (TPSA) is 27.7 Å². The van der Waals surface area contributed by atoms with Crippen LogP contribution in [0.3, 0.4) is 0 Å². The first-order valence-corrected chi connectivity index (χ1v) is 9.90. The summed E-state index contributed by atoms with van der Waals surface area (Å²) in [6.45, 7) is 8.52.